The van der Waals surface area contributed by atoms with Crippen LogP contribution in [0.15, 0.2) is 72.2 Å². The summed E-state index contributed by atoms with van der Waals surface area (Å²) in [5, 5.41) is 7.60. The van der Waals surface area contributed by atoms with Gasteiger partial charge in [-0.3, -0.25) is 9.59 Å². The fraction of sp³-hybridized carbons (Fsp3) is 0.0435. The van der Waals surface area contributed by atoms with Crippen LogP contribution in [0.5, 0.6) is 0 Å². The third-order valence-corrected chi connectivity index (χ3v) is 5.36. The molecule has 160 valence electrons. The molecule has 4 rings (SSSR count). The second-order valence-electron chi connectivity index (χ2n) is 6.94. The summed E-state index contributed by atoms with van der Waals surface area (Å²) in [6.45, 7) is -0.170. The topological polar surface area (TPSA) is 136 Å². The van der Waals surface area contributed by atoms with Crippen LogP contribution >= 0.6 is 11.3 Å². The lowest BCUT2D eigenvalue weighted by Crippen LogP contribution is -2.32. The number of benzene rings is 2. The Morgan fingerprint density at radius 3 is 2.47 bits per heavy atom. The molecule has 2 amide bonds. The predicted octanol–water partition coefficient (Wildman–Crippen LogP) is 3.41. The molecule has 0 aliphatic heterocycles. The summed E-state index contributed by atoms with van der Waals surface area (Å²) in [5.74, 6) is -0.265. The molecule has 0 bridgehead atoms. The number of amides is 2. The van der Waals surface area contributed by atoms with E-state index in [1.807, 2.05) is 41.8 Å². The predicted molar refractivity (Wildman–Crippen MR) is 127 cm³/mol. The van der Waals surface area contributed by atoms with E-state index in [1.54, 1.807) is 30.5 Å². The largest absolute Gasteiger partial charge is 0.399 e. The summed E-state index contributed by atoms with van der Waals surface area (Å²) in [6, 6.07) is 18.0. The van der Waals surface area contributed by atoms with Gasteiger partial charge in [-0.1, -0.05) is 18.2 Å². The SMILES string of the molecule is Nc1ccc(C(=O)NCC(=O)Nc2nc(-c3cccc(-c4ccnc(N)c4)c3)cs2)cc1. The number of nitrogens with two attached hydrogens (primary N) is 2. The van der Waals surface area contributed by atoms with Gasteiger partial charge < -0.3 is 22.1 Å². The first-order chi connectivity index (χ1) is 15.5. The first kappa shape index (κ1) is 21.0. The van der Waals surface area contributed by atoms with Gasteiger partial charge in [0.05, 0.1) is 12.2 Å². The van der Waals surface area contributed by atoms with Crippen LogP contribution < -0.4 is 22.1 Å². The van der Waals surface area contributed by atoms with Crippen molar-refractivity contribution in [1.29, 1.82) is 0 Å². The van der Waals surface area contributed by atoms with Gasteiger partial charge in [0.25, 0.3) is 5.91 Å². The Labute approximate surface area is 188 Å². The number of nitrogen functional groups attached to an aromatic ring is 2. The summed E-state index contributed by atoms with van der Waals surface area (Å²) >= 11 is 1.31. The van der Waals surface area contributed by atoms with Crippen molar-refractivity contribution in [3.63, 3.8) is 0 Å². The second-order valence-corrected chi connectivity index (χ2v) is 7.80. The lowest BCUT2D eigenvalue weighted by molar-refractivity contribution is -0.115. The lowest BCUT2D eigenvalue weighted by atomic mass is 10.0. The fourth-order valence-electron chi connectivity index (χ4n) is 3.01. The minimum absolute atomic E-state index is 0.170. The van der Waals surface area contributed by atoms with Gasteiger partial charge in [-0.2, -0.15) is 0 Å². The molecule has 2 heterocycles. The van der Waals surface area contributed by atoms with E-state index in [2.05, 4.69) is 20.6 Å². The Bertz CT molecular complexity index is 1270. The van der Waals surface area contributed by atoms with Crippen molar-refractivity contribution in [1.82, 2.24) is 15.3 Å². The monoisotopic (exact) mass is 444 g/mol. The highest BCUT2D eigenvalue weighted by Gasteiger charge is 2.11. The van der Waals surface area contributed by atoms with Gasteiger partial charge in [0.2, 0.25) is 5.91 Å². The van der Waals surface area contributed by atoms with Gasteiger partial charge in [-0.25, -0.2) is 9.97 Å². The molecule has 2 aromatic heterocycles. The number of carbonyl (C=O) groups is 2. The van der Waals surface area contributed by atoms with Crippen molar-refractivity contribution in [3.8, 4) is 22.4 Å². The molecule has 0 atom stereocenters. The van der Waals surface area contributed by atoms with Crippen LogP contribution in [0.1, 0.15) is 10.4 Å². The molecular formula is C23H20N6O2S. The number of nitrogens with one attached hydrogen (secondary N) is 2. The third-order valence-electron chi connectivity index (χ3n) is 4.61. The lowest BCUT2D eigenvalue weighted by Gasteiger charge is -2.06. The van der Waals surface area contributed by atoms with Crippen LogP contribution in [0.2, 0.25) is 0 Å². The van der Waals surface area contributed by atoms with E-state index < -0.39 is 0 Å². The zero-order valence-corrected chi connectivity index (χ0v) is 17.7. The van der Waals surface area contributed by atoms with Gasteiger partial charge in [0, 0.05) is 28.4 Å². The van der Waals surface area contributed by atoms with Crippen LogP contribution in [0.4, 0.5) is 16.6 Å². The highest BCUT2D eigenvalue weighted by molar-refractivity contribution is 7.14. The number of hydrogen-bond acceptors (Lipinski definition) is 7. The maximum Gasteiger partial charge on any atom is 0.251 e. The summed E-state index contributed by atoms with van der Waals surface area (Å²) in [4.78, 5) is 32.8. The van der Waals surface area contributed by atoms with Gasteiger partial charge in [-0.05, 0) is 53.6 Å². The summed E-state index contributed by atoms with van der Waals surface area (Å²) in [5.41, 5.74) is 16.0. The molecule has 0 fully saturated rings. The Morgan fingerprint density at radius 2 is 1.69 bits per heavy atom. The minimum atomic E-state index is -0.365. The number of pyridine rings is 1. The van der Waals surface area contributed by atoms with E-state index in [0.717, 1.165) is 22.4 Å². The molecule has 8 nitrogen and oxygen atoms in total. The first-order valence-corrected chi connectivity index (χ1v) is 10.6. The van der Waals surface area contributed by atoms with Crippen molar-refractivity contribution >= 4 is 39.8 Å². The van der Waals surface area contributed by atoms with E-state index in [0.29, 0.717) is 22.2 Å². The molecule has 0 saturated heterocycles. The quantitative estimate of drug-likeness (QED) is 0.337. The average Bonchev–Trinajstić information content (AvgIpc) is 3.26. The molecule has 0 spiro atoms. The Kier molecular flexibility index (Phi) is 6.09. The zero-order valence-electron chi connectivity index (χ0n) is 16.9. The molecular weight excluding hydrogens is 424 g/mol. The van der Waals surface area contributed by atoms with Gasteiger partial charge in [0.1, 0.15) is 5.82 Å². The number of rotatable bonds is 6. The number of aromatic nitrogens is 2. The van der Waals surface area contributed by atoms with Crippen LogP contribution in [0.25, 0.3) is 22.4 Å². The van der Waals surface area contributed by atoms with Gasteiger partial charge >= 0.3 is 0 Å². The molecule has 0 saturated carbocycles. The molecule has 6 N–H and O–H groups in total. The van der Waals surface area contributed by atoms with E-state index in [9.17, 15) is 9.59 Å². The normalized spacial score (nSPS) is 10.5. The number of nitrogens with zero attached hydrogens (tertiary/aromatic N) is 2. The Morgan fingerprint density at radius 1 is 0.938 bits per heavy atom. The minimum Gasteiger partial charge on any atom is -0.399 e. The van der Waals surface area contributed by atoms with Crippen molar-refractivity contribution in [2.24, 2.45) is 0 Å². The van der Waals surface area contributed by atoms with Crippen LogP contribution in [-0.4, -0.2) is 28.3 Å². The molecule has 0 aliphatic rings. The van der Waals surface area contributed by atoms with Gasteiger partial charge in [-0.15, -0.1) is 11.3 Å². The summed E-state index contributed by atoms with van der Waals surface area (Å²) in [6.07, 6.45) is 1.67. The number of thiazole rings is 1. The molecule has 0 aliphatic carbocycles. The summed E-state index contributed by atoms with van der Waals surface area (Å²) in [7, 11) is 0. The third kappa shape index (κ3) is 5.08. The first-order valence-electron chi connectivity index (χ1n) is 9.69. The number of anilines is 3. The smallest absolute Gasteiger partial charge is 0.251 e. The van der Waals surface area contributed by atoms with E-state index in [4.69, 9.17) is 11.5 Å². The average molecular weight is 445 g/mol. The summed E-state index contributed by atoms with van der Waals surface area (Å²) < 4.78 is 0. The fourth-order valence-corrected chi connectivity index (χ4v) is 3.75. The maximum atomic E-state index is 12.2. The van der Waals surface area contributed by atoms with E-state index in [1.165, 1.54) is 11.3 Å². The van der Waals surface area contributed by atoms with Crippen LogP contribution in [0.3, 0.4) is 0 Å². The molecule has 4 aromatic rings. The Balaban J connectivity index is 1.38. The molecule has 0 unspecified atom stereocenters. The van der Waals surface area contributed by atoms with Crippen molar-refractivity contribution in [2.75, 3.05) is 23.3 Å². The van der Waals surface area contributed by atoms with Crippen molar-refractivity contribution < 1.29 is 9.59 Å². The Hall–Kier alpha value is -4.24. The zero-order chi connectivity index (χ0) is 22.5. The van der Waals surface area contributed by atoms with Crippen molar-refractivity contribution in [2.45, 2.75) is 0 Å². The van der Waals surface area contributed by atoms with Crippen LogP contribution in [0, 0.1) is 0 Å². The van der Waals surface area contributed by atoms with E-state index >= 15 is 0 Å². The molecule has 0 radical (unpaired) electrons. The highest BCUT2D eigenvalue weighted by atomic mass is 32.1. The number of hydrogen-bond donors (Lipinski definition) is 4. The highest BCUT2D eigenvalue weighted by Crippen LogP contribution is 2.29. The molecule has 2 aromatic carbocycles. The molecule has 9 heteroatoms. The van der Waals surface area contributed by atoms with Gasteiger partial charge in [0.15, 0.2) is 5.13 Å². The standard InChI is InChI=1S/C23H20N6O2S/c24-18-6-4-14(5-7-18)22(31)27-12-21(30)29-23-28-19(13-32-23)17-3-1-2-15(10-17)16-8-9-26-20(25)11-16/h1-11,13H,12,24H2,(H2,25,26)(H,27,31)(H,28,29,30). The van der Waals surface area contributed by atoms with Crippen LogP contribution in [-0.2, 0) is 4.79 Å². The maximum absolute atomic E-state index is 12.2. The second kappa shape index (κ2) is 9.27. The van der Waals surface area contributed by atoms with E-state index in [-0.39, 0.29) is 18.4 Å². The number of carbonyl (C=O) groups excluding carboxylic acids is 2. The van der Waals surface area contributed by atoms with Crippen molar-refractivity contribution in [3.05, 3.63) is 77.8 Å². The molecule has 32 heavy (non-hydrogen) atoms.